The molecule has 0 spiro atoms. The maximum Gasteiger partial charge on any atom is 0.317 e. The largest absolute Gasteiger partial charge is 0.480 e. The Morgan fingerprint density at radius 3 is 2.62 bits per heavy atom. The average Bonchev–Trinajstić information content (AvgIpc) is 3.06. The number of aliphatic carboxylic acids is 1. The van der Waals surface area contributed by atoms with Gasteiger partial charge in [-0.05, 0) is 26.3 Å². The number of carbonyl (C=O) groups excluding carboxylic acids is 1. The molecule has 1 saturated carbocycles. The third-order valence-corrected chi connectivity index (χ3v) is 4.79. The number of nitrogens with one attached hydrogen (secondary N) is 1. The van der Waals surface area contributed by atoms with E-state index in [1.165, 1.54) is 0 Å². The van der Waals surface area contributed by atoms with Crippen LogP contribution in [0.4, 0.5) is 0 Å². The molecule has 0 bridgehead atoms. The van der Waals surface area contributed by atoms with E-state index in [-0.39, 0.29) is 30.3 Å². The molecular weight excluding hydrogens is 334 g/mol. The predicted molar refractivity (Wildman–Crippen MR) is 95.8 cm³/mol. The van der Waals surface area contributed by atoms with E-state index in [2.05, 4.69) is 10.5 Å². The minimum Gasteiger partial charge on any atom is -0.480 e. The summed E-state index contributed by atoms with van der Waals surface area (Å²) in [6, 6.07) is 9.70. The topological polar surface area (TPSA) is 95.7 Å². The molecule has 0 atom stereocenters. The molecule has 0 saturated heterocycles. The monoisotopic (exact) mass is 357 g/mol. The molecule has 7 nitrogen and oxygen atoms in total. The van der Waals surface area contributed by atoms with Crippen LogP contribution in [0.5, 0.6) is 0 Å². The molecule has 1 aliphatic carbocycles. The number of rotatable bonds is 7. The number of carbonyl (C=O) groups is 2. The summed E-state index contributed by atoms with van der Waals surface area (Å²) < 4.78 is 5.18. The lowest BCUT2D eigenvalue weighted by atomic mass is 9.85. The number of hydrogen-bond acceptors (Lipinski definition) is 5. The van der Waals surface area contributed by atoms with Gasteiger partial charge in [0.2, 0.25) is 5.76 Å². The highest BCUT2D eigenvalue weighted by molar-refractivity contribution is 5.92. The van der Waals surface area contributed by atoms with Gasteiger partial charge in [0.15, 0.2) is 0 Å². The van der Waals surface area contributed by atoms with Crippen molar-refractivity contribution in [1.29, 1.82) is 0 Å². The molecule has 1 heterocycles. The molecule has 1 fully saturated rings. The summed E-state index contributed by atoms with van der Waals surface area (Å²) in [7, 11) is 0. The quantitative estimate of drug-likeness (QED) is 0.789. The van der Waals surface area contributed by atoms with Gasteiger partial charge in [-0.1, -0.05) is 41.9 Å². The lowest BCUT2D eigenvalue weighted by molar-refractivity contribution is -0.139. The van der Waals surface area contributed by atoms with E-state index in [0.29, 0.717) is 12.2 Å². The number of amides is 1. The van der Waals surface area contributed by atoms with Gasteiger partial charge in [-0.3, -0.25) is 14.5 Å². The number of carboxylic acid groups (broad SMARTS) is 1. The summed E-state index contributed by atoms with van der Waals surface area (Å²) in [4.78, 5) is 25.1. The Hall–Kier alpha value is -2.67. The Balaban J connectivity index is 1.54. The summed E-state index contributed by atoms with van der Waals surface area (Å²) in [5.74, 6) is -0.938. The van der Waals surface area contributed by atoms with Crippen LogP contribution in [-0.2, 0) is 4.79 Å². The summed E-state index contributed by atoms with van der Waals surface area (Å²) in [6.07, 6.45) is 1.48. The Morgan fingerprint density at radius 2 is 2.00 bits per heavy atom. The standard InChI is InChI=1S/C19H23N3O4/c1-3-22(11-18(23)24)15-8-14(9-15)20-19(25)17-10-16(21-26-17)13-6-4-12(2)5-7-13/h4-7,10,14-15H,3,8-9,11H2,1-2H3,(H,20,25)(H,23,24). The van der Waals surface area contributed by atoms with Gasteiger partial charge in [-0.25, -0.2) is 0 Å². The van der Waals surface area contributed by atoms with Crippen LogP contribution in [0, 0.1) is 6.92 Å². The fourth-order valence-electron chi connectivity index (χ4n) is 3.18. The zero-order valence-corrected chi connectivity index (χ0v) is 14.9. The lowest BCUT2D eigenvalue weighted by Gasteiger charge is -2.42. The predicted octanol–water partition coefficient (Wildman–Crippen LogP) is 2.32. The minimum absolute atomic E-state index is 0.0308. The van der Waals surface area contributed by atoms with Crippen LogP contribution in [-0.4, -0.2) is 52.2 Å². The smallest absolute Gasteiger partial charge is 0.317 e. The summed E-state index contributed by atoms with van der Waals surface area (Å²) in [5.41, 5.74) is 2.67. The summed E-state index contributed by atoms with van der Waals surface area (Å²) >= 11 is 0. The number of likely N-dealkylation sites (N-methyl/N-ethyl adjacent to an activating group) is 1. The fourth-order valence-corrected chi connectivity index (χ4v) is 3.18. The Bertz CT molecular complexity index is 778. The van der Waals surface area contributed by atoms with Gasteiger partial charge in [0.25, 0.3) is 5.91 Å². The fraction of sp³-hybridized carbons (Fsp3) is 0.421. The first kappa shape index (κ1) is 18.1. The number of aromatic nitrogens is 1. The molecule has 1 aliphatic rings. The summed E-state index contributed by atoms with van der Waals surface area (Å²) in [6.45, 7) is 4.66. The maximum absolute atomic E-state index is 12.3. The second-order valence-corrected chi connectivity index (χ2v) is 6.69. The molecule has 1 aromatic carbocycles. The van der Waals surface area contributed by atoms with E-state index in [9.17, 15) is 9.59 Å². The van der Waals surface area contributed by atoms with Gasteiger partial charge in [0.1, 0.15) is 5.69 Å². The second kappa shape index (κ2) is 7.70. The van der Waals surface area contributed by atoms with Crippen LogP contribution in [0.3, 0.4) is 0 Å². The van der Waals surface area contributed by atoms with Crippen molar-refractivity contribution in [3.8, 4) is 11.3 Å². The molecule has 2 aromatic rings. The van der Waals surface area contributed by atoms with E-state index in [1.54, 1.807) is 6.07 Å². The van der Waals surface area contributed by atoms with Crippen molar-refractivity contribution < 1.29 is 19.2 Å². The molecular formula is C19H23N3O4. The summed E-state index contributed by atoms with van der Waals surface area (Å²) in [5, 5.41) is 15.8. The molecule has 1 amide bonds. The first-order valence-electron chi connectivity index (χ1n) is 8.76. The van der Waals surface area contributed by atoms with E-state index in [0.717, 1.165) is 24.0 Å². The van der Waals surface area contributed by atoms with Crippen LogP contribution in [0.1, 0.15) is 35.9 Å². The van der Waals surface area contributed by atoms with Crippen molar-refractivity contribution in [1.82, 2.24) is 15.4 Å². The normalized spacial score (nSPS) is 19.2. The van der Waals surface area contributed by atoms with E-state index in [1.807, 2.05) is 43.0 Å². The van der Waals surface area contributed by atoms with Gasteiger partial charge < -0.3 is 14.9 Å². The number of carboxylic acids is 1. The molecule has 3 rings (SSSR count). The minimum atomic E-state index is -0.829. The Labute approximate surface area is 152 Å². The van der Waals surface area contributed by atoms with Gasteiger partial charge >= 0.3 is 5.97 Å². The van der Waals surface area contributed by atoms with E-state index in [4.69, 9.17) is 9.63 Å². The van der Waals surface area contributed by atoms with Crippen molar-refractivity contribution >= 4 is 11.9 Å². The average molecular weight is 357 g/mol. The molecule has 1 aromatic heterocycles. The highest BCUT2D eigenvalue weighted by Gasteiger charge is 2.35. The molecule has 7 heteroatoms. The van der Waals surface area contributed by atoms with E-state index >= 15 is 0 Å². The van der Waals surface area contributed by atoms with Crippen LogP contribution in [0.25, 0.3) is 11.3 Å². The van der Waals surface area contributed by atoms with Gasteiger partial charge in [0.05, 0.1) is 6.54 Å². The molecule has 2 N–H and O–H groups in total. The molecule has 138 valence electrons. The molecule has 0 radical (unpaired) electrons. The molecule has 26 heavy (non-hydrogen) atoms. The van der Waals surface area contributed by atoms with Gasteiger partial charge in [-0.2, -0.15) is 0 Å². The lowest BCUT2D eigenvalue weighted by Crippen LogP contribution is -2.54. The van der Waals surface area contributed by atoms with E-state index < -0.39 is 5.97 Å². The first-order chi connectivity index (χ1) is 12.5. The van der Waals surface area contributed by atoms with Gasteiger partial charge in [-0.15, -0.1) is 0 Å². The van der Waals surface area contributed by atoms with Crippen LogP contribution in [0.2, 0.25) is 0 Å². The zero-order valence-electron chi connectivity index (χ0n) is 14.9. The number of hydrogen-bond donors (Lipinski definition) is 2. The number of aryl methyl sites for hydroxylation is 1. The third-order valence-electron chi connectivity index (χ3n) is 4.79. The Kier molecular flexibility index (Phi) is 5.37. The zero-order chi connectivity index (χ0) is 18.7. The second-order valence-electron chi connectivity index (χ2n) is 6.69. The van der Waals surface area contributed by atoms with Crippen molar-refractivity contribution in [2.45, 2.75) is 38.8 Å². The number of nitrogens with zero attached hydrogens (tertiary/aromatic N) is 2. The molecule has 0 aliphatic heterocycles. The van der Waals surface area contributed by atoms with Crippen molar-refractivity contribution in [2.75, 3.05) is 13.1 Å². The Morgan fingerprint density at radius 1 is 1.31 bits per heavy atom. The highest BCUT2D eigenvalue weighted by Crippen LogP contribution is 2.26. The van der Waals surface area contributed by atoms with Crippen molar-refractivity contribution in [2.24, 2.45) is 0 Å². The SMILES string of the molecule is CCN(CC(=O)O)C1CC(NC(=O)c2cc(-c3ccc(C)cc3)no2)C1. The van der Waals surface area contributed by atoms with Crippen LogP contribution >= 0.6 is 0 Å². The third kappa shape index (κ3) is 4.11. The van der Waals surface area contributed by atoms with Crippen molar-refractivity contribution in [3.63, 3.8) is 0 Å². The number of benzene rings is 1. The van der Waals surface area contributed by atoms with Crippen molar-refractivity contribution in [3.05, 3.63) is 41.7 Å². The maximum atomic E-state index is 12.3. The van der Waals surface area contributed by atoms with Crippen LogP contribution in [0.15, 0.2) is 34.9 Å². The molecule has 0 unspecified atom stereocenters. The van der Waals surface area contributed by atoms with Gasteiger partial charge in [0, 0.05) is 23.7 Å². The first-order valence-corrected chi connectivity index (χ1v) is 8.76. The highest BCUT2D eigenvalue weighted by atomic mass is 16.5. The van der Waals surface area contributed by atoms with Crippen LogP contribution < -0.4 is 5.32 Å².